The molecule has 10 heteroatoms. The van der Waals surface area contributed by atoms with Crippen molar-refractivity contribution < 1.29 is 14.3 Å². The summed E-state index contributed by atoms with van der Waals surface area (Å²) in [6.45, 7) is 5.70. The fourth-order valence-electron chi connectivity index (χ4n) is 6.31. The maximum Gasteiger partial charge on any atom is 0.259 e. The summed E-state index contributed by atoms with van der Waals surface area (Å²) < 4.78 is 9.88. The molecule has 3 fully saturated rings. The first-order valence-corrected chi connectivity index (χ1v) is 13.4. The summed E-state index contributed by atoms with van der Waals surface area (Å²) in [6, 6.07) is 5.86. The molecule has 10 nitrogen and oxygen atoms in total. The number of amides is 2. The molecule has 1 spiro atoms. The monoisotopic (exact) mass is 513 g/mol. The van der Waals surface area contributed by atoms with Crippen LogP contribution in [-0.4, -0.2) is 60.3 Å². The Morgan fingerprint density at radius 2 is 2.03 bits per heavy atom. The lowest BCUT2D eigenvalue weighted by Crippen LogP contribution is -2.60. The largest absolute Gasteiger partial charge is 0.490 e. The molecule has 2 atom stereocenters. The Morgan fingerprint density at radius 3 is 2.79 bits per heavy atom. The smallest absolute Gasteiger partial charge is 0.259 e. The second kappa shape index (κ2) is 8.54. The van der Waals surface area contributed by atoms with Crippen molar-refractivity contribution in [2.24, 2.45) is 11.3 Å². The third-order valence-corrected chi connectivity index (χ3v) is 8.43. The van der Waals surface area contributed by atoms with Gasteiger partial charge in [-0.2, -0.15) is 10.2 Å². The SMILES string of the molecule is CC(=O)N1CC2(CCC(n3cc4cc(C(=O)Nc5cnn6cccnc56)c(OC5CC5)cc4n3)C(C)C2)C1. The number of fused-ring (bicyclic) bond motifs is 2. The Kier molecular flexibility index (Phi) is 5.21. The van der Waals surface area contributed by atoms with Crippen molar-refractivity contribution in [3.05, 3.63) is 48.5 Å². The minimum atomic E-state index is -0.260. The molecule has 196 valence electrons. The van der Waals surface area contributed by atoms with Crippen LogP contribution in [0, 0.1) is 11.3 Å². The lowest BCUT2D eigenvalue weighted by Gasteiger charge is -2.55. The van der Waals surface area contributed by atoms with Crippen molar-refractivity contribution in [1.29, 1.82) is 0 Å². The molecule has 0 radical (unpaired) electrons. The van der Waals surface area contributed by atoms with E-state index in [1.165, 1.54) is 0 Å². The highest BCUT2D eigenvalue weighted by molar-refractivity contribution is 6.09. The number of anilines is 1. The van der Waals surface area contributed by atoms with Crippen molar-refractivity contribution in [3.8, 4) is 5.75 Å². The number of carbonyl (C=O) groups is 2. The molecule has 0 bridgehead atoms. The number of nitrogens with zero attached hydrogens (tertiary/aromatic N) is 6. The third-order valence-electron chi connectivity index (χ3n) is 8.43. The highest BCUT2D eigenvalue weighted by Gasteiger charge is 2.48. The van der Waals surface area contributed by atoms with Crippen LogP contribution >= 0.6 is 0 Å². The predicted molar refractivity (Wildman–Crippen MR) is 141 cm³/mol. The van der Waals surface area contributed by atoms with Gasteiger partial charge in [0.2, 0.25) is 5.91 Å². The summed E-state index contributed by atoms with van der Waals surface area (Å²) in [5.41, 5.74) is 2.70. The Labute approximate surface area is 220 Å². The second-order valence-electron chi connectivity index (χ2n) is 11.4. The number of nitrogens with one attached hydrogen (secondary N) is 1. The topological polar surface area (TPSA) is 107 Å². The van der Waals surface area contributed by atoms with E-state index < -0.39 is 0 Å². The first kappa shape index (κ1) is 23.2. The van der Waals surface area contributed by atoms with Crippen LogP contribution in [0.1, 0.15) is 62.4 Å². The molecule has 4 aromatic rings. The molecule has 4 heterocycles. The number of benzene rings is 1. The first-order valence-electron chi connectivity index (χ1n) is 13.4. The Bertz CT molecular complexity index is 1560. The molecule has 3 aromatic heterocycles. The van der Waals surface area contributed by atoms with Crippen LogP contribution in [0.2, 0.25) is 0 Å². The van der Waals surface area contributed by atoms with E-state index >= 15 is 0 Å². The Balaban J connectivity index is 1.16. The van der Waals surface area contributed by atoms with Crippen molar-refractivity contribution >= 4 is 34.1 Å². The summed E-state index contributed by atoms with van der Waals surface area (Å²) in [5.74, 6) is 0.913. The van der Waals surface area contributed by atoms with Crippen LogP contribution in [0.3, 0.4) is 0 Å². The zero-order valence-electron chi connectivity index (χ0n) is 21.6. The van der Waals surface area contributed by atoms with Gasteiger partial charge in [-0.05, 0) is 50.2 Å². The van der Waals surface area contributed by atoms with Crippen molar-refractivity contribution in [1.82, 2.24) is 29.3 Å². The number of carbonyl (C=O) groups excluding carboxylic acids is 2. The van der Waals surface area contributed by atoms with Crippen LogP contribution in [0.25, 0.3) is 16.6 Å². The molecule has 1 aliphatic heterocycles. The summed E-state index contributed by atoms with van der Waals surface area (Å²) in [7, 11) is 0. The third kappa shape index (κ3) is 3.99. The van der Waals surface area contributed by atoms with Crippen LogP contribution in [-0.2, 0) is 4.79 Å². The molecular weight excluding hydrogens is 482 g/mol. The van der Waals surface area contributed by atoms with Gasteiger partial charge in [0.05, 0.1) is 29.4 Å². The summed E-state index contributed by atoms with van der Waals surface area (Å²) in [6.07, 6.45) is 12.5. The Morgan fingerprint density at radius 1 is 1.18 bits per heavy atom. The average Bonchev–Trinajstić information content (AvgIpc) is 3.46. The van der Waals surface area contributed by atoms with Crippen molar-refractivity contribution in [2.75, 3.05) is 18.4 Å². The van der Waals surface area contributed by atoms with Crippen LogP contribution < -0.4 is 10.1 Å². The van der Waals surface area contributed by atoms with Gasteiger partial charge in [-0.25, -0.2) is 9.50 Å². The lowest BCUT2D eigenvalue weighted by molar-refractivity contribution is -0.145. The minimum Gasteiger partial charge on any atom is -0.490 e. The molecule has 7 rings (SSSR count). The van der Waals surface area contributed by atoms with E-state index in [-0.39, 0.29) is 29.4 Å². The van der Waals surface area contributed by atoms with Gasteiger partial charge in [0.25, 0.3) is 5.91 Å². The molecule has 1 saturated heterocycles. The molecule has 3 aliphatic rings. The second-order valence-corrected chi connectivity index (χ2v) is 11.4. The highest BCUT2D eigenvalue weighted by atomic mass is 16.5. The summed E-state index contributed by atoms with van der Waals surface area (Å²) in [4.78, 5) is 31.4. The van der Waals surface area contributed by atoms with Gasteiger partial charge in [-0.1, -0.05) is 6.92 Å². The van der Waals surface area contributed by atoms with E-state index in [2.05, 4.69) is 33.2 Å². The van der Waals surface area contributed by atoms with E-state index in [4.69, 9.17) is 9.84 Å². The van der Waals surface area contributed by atoms with Crippen molar-refractivity contribution in [3.63, 3.8) is 0 Å². The summed E-state index contributed by atoms with van der Waals surface area (Å²) >= 11 is 0. The number of hydrogen-bond acceptors (Lipinski definition) is 6. The highest BCUT2D eigenvalue weighted by Crippen LogP contribution is 2.49. The molecule has 1 N–H and O–H groups in total. The van der Waals surface area contributed by atoms with E-state index in [1.54, 1.807) is 36.1 Å². The van der Waals surface area contributed by atoms with Crippen LogP contribution in [0.15, 0.2) is 43.0 Å². The number of ether oxygens (including phenoxy) is 1. The number of likely N-dealkylation sites (tertiary alicyclic amines) is 1. The van der Waals surface area contributed by atoms with Gasteiger partial charge in [-0.3, -0.25) is 14.3 Å². The fraction of sp³-hybridized carbons (Fsp3) is 0.464. The Hall–Kier alpha value is -3.95. The number of rotatable bonds is 5. The maximum absolute atomic E-state index is 13.5. The van der Waals surface area contributed by atoms with E-state index in [0.717, 1.165) is 56.1 Å². The molecule has 2 unspecified atom stereocenters. The van der Waals surface area contributed by atoms with Gasteiger partial charge in [-0.15, -0.1) is 0 Å². The van der Waals surface area contributed by atoms with Crippen LogP contribution in [0.4, 0.5) is 5.69 Å². The molecule has 2 aliphatic carbocycles. The first-order chi connectivity index (χ1) is 18.4. The quantitative estimate of drug-likeness (QED) is 0.431. The predicted octanol–water partition coefficient (Wildman–Crippen LogP) is 4.08. The molecule has 2 amide bonds. The molecule has 2 saturated carbocycles. The maximum atomic E-state index is 13.5. The molecule has 38 heavy (non-hydrogen) atoms. The van der Waals surface area contributed by atoms with Gasteiger partial charge < -0.3 is 15.0 Å². The fourth-order valence-corrected chi connectivity index (χ4v) is 6.31. The van der Waals surface area contributed by atoms with Crippen LogP contribution in [0.5, 0.6) is 5.75 Å². The number of hydrogen-bond donors (Lipinski definition) is 1. The van der Waals surface area contributed by atoms with E-state index in [9.17, 15) is 9.59 Å². The van der Waals surface area contributed by atoms with Gasteiger partial charge in [0.15, 0.2) is 5.65 Å². The average molecular weight is 514 g/mol. The zero-order valence-corrected chi connectivity index (χ0v) is 21.6. The lowest BCUT2D eigenvalue weighted by atomic mass is 9.64. The van der Waals surface area contributed by atoms with Gasteiger partial charge in [0.1, 0.15) is 11.4 Å². The summed E-state index contributed by atoms with van der Waals surface area (Å²) in [5, 5.41) is 13.1. The molecule has 1 aromatic carbocycles. The standard InChI is InChI=1S/C28H31N7O3/c1-17-12-28(15-33(16-28)18(2)36)7-6-24(17)35-14-19-10-21(25(11-22(19)32-35)38-20-4-5-20)27(37)31-23-13-30-34-9-3-8-29-26(23)34/h3,8-11,13-14,17,20,24H,4-7,12,15-16H2,1-2H3,(H,31,37). The normalized spacial score (nSPS) is 22.5. The van der Waals surface area contributed by atoms with E-state index in [1.807, 2.05) is 17.0 Å². The zero-order chi connectivity index (χ0) is 26.0. The van der Waals surface area contributed by atoms with Gasteiger partial charge in [0, 0.05) is 55.5 Å². The molecular formula is C28H31N7O3. The minimum absolute atomic E-state index is 0.145. The van der Waals surface area contributed by atoms with Gasteiger partial charge >= 0.3 is 0 Å². The van der Waals surface area contributed by atoms with E-state index in [0.29, 0.717) is 28.6 Å². The van der Waals surface area contributed by atoms with Crippen molar-refractivity contribution in [2.45, 2.75) is 58.1 Å². The number of aromatic nitrogens is 5.